The number of carbonyl (C=O) groups excluding carboxylic acids is 1. The summed E-state index contributed by atoms with van der Waals surface area (Å²) >= 11 is 0. The molecule has 0 radical (unpaired) electrons. The van der Waals surface area contributed by atoms with Crippen molar-refractivity contribution in [3.63, 3.8) is 0 Å². The maximum atomic E-state index is 12.5. The molecule has 0 saturated carbocycles. The summed E-state index contributed by atoms with van der Waals surface area (Å²) < 4.78 is 39.2. The summed E-state index contributed by atoms with van der Waals surface area (Å²) in [7, 11) is 0. The maximum Gasteiger partial charge on any atom is 0.417 e. The zero-order chi connectivity index (χ0) is 15.2. The van der Waals surface area contributed by atoms with Crippen molar-refractivity contribution in [1.29, 1.82) is 0 Å². The van der Waals surface area contributed by atoms with Gasteiger partial charge >= 0.3 is 6.18 Å². The van der Waals surface area contributed by atoms with E-state index in [4.69, 9.17) is 0 Å². The molecule has 1 atom stereocenters. The van der Waals surface area contributed by atoms with Crippen molar-refractivity contribution in [3.8, 4) is 0 Å². The van der Waals surface area contributed by atoms with Crippen molar-refractivity contribution in [2.75, 3.05) is 11.4 Å². The zero-order valence-electron chi connectivity index (χ0n) is 11.0. The Kier molecular flexibility index (Phi) is 2.96. The van der Waals surface area contributed by atoms with Crippen LogP contribution in [0.1, 0.15) is 29.0 Å². The molecule has 2 aromatic rings. The fourth-order valence-electron chi connectivity index (χ4n) is 2.31. The lowest BCUT2D eigenvalue weighted by Gasteiger charge is -2.31. The van der Waals surface area contributed by atoms with Crippen molar-refractivity contribution in [2.24, 2.45) is 0 Å². The third-order valence-electron chi connectivity index (χ3n) is 3.35. The van der Waals surface area contributed by atoms with Gasteiger partial charge in [0.15, 0.2) is 0 Å². The second-order valence-corrected chi connectivity index (χ2v) is 4.83. The van der Waals surface area contributed by atoms with E-state index in [-0.39, 0.29) is 17.8 Å². The summed E-state index contributed by atoms with van der Waals surface area (Å²) in [6, 6.07) is 3.64. The molecule has 0 fully saturated rings. The quantitative estimate of drug-likeness (QED) is 0.812. The molecule has 1 amide bonds. The normalized spacial score (nSPS) is 18.8. The first-order valence-corrected chi connectivity index (χ1v) is 6.26. The molecule has 0 saturated heterocycles. The van der Waals surface area contributed by atoms with Crippen LogP contribution in [-0.4, -0.2) is 27.2 Å². The average Bonchev–Trinajstić information content (AvgIpc) is 2.92. The number of aromatic nitrogens is 3. The fraction of sp³-hybridized carbons (Fsp3) is 0.308. The number of anilines is 1. The number of pyridine rings is 1. The van der Waals surface area contributed by atoms with Gasteiger partial charge in [-0.25, -0.2) is 4.98 Å². The van der Waals surface area contributed by atoms with Gasteiger partial charge in [0, 0.05) is 18.9 Å². The molecule has 2 aromatic heterocycles. The van der Waals surface area contributed by atoms with E-state index < -0.39 is 11.7 Å². The number of halogens is 3. The van der Waals surface area contributed by atoms with Crippen molar-refractivity contribution in [1.82, 2.24) is 14.8 Å². The molecule has 0 spiro atoms. The number of rotatable bonds is 1. The van der Waals surface area contributed by atoms with Gasteiger partial charge in [0.2, 0.25) is 0 Å². The van der Waals surface area contributed by atoms with Crippen LogP contribution < -0.4 is 4.90 Å². The zero-order valence-corrected chi connectivity index (χ0v) is 11.0. The van der Waals surface area contributed by atoms with Crippen LogP contribution in [0.25, 0.3) is 0 Å². The Morgan fingerprint density at radius 2 is 2.05 bits per heavy atom. The number of hydrogen-bond acceptors (Lipinski definition) is 3. The molecular weight excluding hydrogens is 285 g/mol. The van der Waals surface area contributed by atoms with E-state index in [9.17, 15) is 18.0 Å². The lowest BCUT2D eigenvalue weighted by atomic mass is 10.2. The van der Waals surface area contributed by atoms with Gasteiger partial charge < -0.3 is 0 Å². The monoisotopic (exact) mass is 296 g/mol. The van der Waals surface area contributed by atoms with Crippen LogP contribution in [0, 0.1) is 0 Å². The largest absolute Gasteiger partial charge is 0.417 e. The van der Waals surface area contributed by atoms with E-state index >= 15 is 0 Å². The van der Waals surface area contributed by atoms with Crippen molar-refractivity contribution < 1.29 is 18.0 Å². The smallest absolute Gasteiger partial charge is 0.289 e. The van der Waals surface area contributed by atoms with Gasteiger partial charge in [-0.3, -0.25) is 14.4 Å². The molecule has 0 bridgehead atoms. The van der Waals surface area contributed by atoms with Gasteiger partial charge in [0.05, 0.1) is 11.6 Å². The minimum absolute atomic E-state index is 0.0724. The molecule has 0 N–H and O–H groups in total. The molecular formula is C13H11F3N4O. The molecule has 8 heteroatoms. The summed E-state index contributed by atoms with van der Waals surface area (Å²) in [6.07, 6.45) is -2.18. The van der Waals surface area contributed by atoms with Crippen molar-refractivity contribution in [3.05, 3.63) is 41.9 Å². The van der Waals surface area contributed by atoms with E-state index in [0.717, 1.165) is 12.3 Å². The summed E-state index contributed by atoms with van der Waals surface area (Å²) in [5.74, 6) is -0.120. The van der Waals surface area contributed by atoms with Gasteiger partial charge in [0.25, 0.3) is 5.91 Å². The highest BCUT2D eigenvalue weighted by Gasteiger charge is 2.33. The van der Waals surface area contributed by atoms with Gasteiger partial charge in [0.1, 0.15) is 11.5 Å². The van der Waals surface area contributed by atoms with E-state index in [1.807, 2.05) is 6.92 Å². The van der Waals surface area contributed by atoms with Gasteiger partial charge in [-0.2, -0.15) is 18.3 Å². The Balaban J connectivity index is 1.93. The van der Waals surface area contributed by atoms with Crippen LogP contribution in [0.5, 0.6) is 0 Å². The number of nitrogens with zero attached hydrogens (tertiary/aromatic N) is 4. The minimum atomic E-state index is -4.44. The molecule has 3 heterocycles. The third-order valence-corrected chi connectivity index (χ3v) is 3.35. The molecule has 1 aliphatic rings. The van der Waals surface area contributed by atoms with Crippen LogP contribution in [-0.2, 0) is 6.18 Å². The van der Waals surface area contributed by atoms with Gasteiger partial charge in [-0.05, 0) is 25.1 Å². The van der Waals surface area contributed by atoms with Crippen LogP contribution in [0.15, 0.2) is 30.6 Å². The van der Waals surface area contributed by atoms with E-state index in [0.29, 0.717) is 12.2 Å². The lowest BCUT2D eigenvalue weighted by molar-refractivity contribution is -0.137. The molecule has 0 aromatic carbocycles. The molecule has 21 heavy (non-hydrogen) atoms. The molecule has 0 unspecified atom stereocenters. The third kappa shape index (κ3) is 2.26. The highest BCUT2D eigenvalue weighted by atomic mass is 19.4. The van der Waals surface area contributed by atoms with Gasteiger partial charge in [-0.15, -0.1) is 0 Å². The topological polar surface area (TPSA) is 51.0 Å². The standard InChI is InChI=1S/C13H11F3N4O/c1-8-7-19(12(21)10-4-5-18-20(8)10)11-3-2-9(6-17-11)13(14,15)16/h2-6,8H,7H2,1H3/t8-/m0/s1. The first-order valence-electron chi connectivity index (χ1n) is 6.26. The van der Waals surface area contributed by atoms with Crippen LogP contribution in [0.4, 0.5) is 19.0 Å². The van der Waals surface area contributed by atoms with Crippen LogP contribution >= 0.6 is 0 Å². The number of hydrogen-bond donors (Lipinski definition) is 0. The maximum absolute atomic E-state index is 12.5. The molecule has 3 rings (SSSR count). The molecule has 0 aliphatic carbocycles. The van der Waals surface area contributed by atoms with Crippen molar-refractivity contribution >= 4 is 11.7 Å². The Hall–Kier alpha value is -2.38. The predicted molar refractivity (Wildman–Crippen MR) is 67.9 cm³/mol. The Labute approximate surface area is 118 Å². The van der Waals surface area contributed by atoms with Gasteiger partial charge in [-0.1, -0.05) is 0 Å². The predicted octanol–water partition coefficient (Wildman–Crippen LogP) is 2.52. The average molecular weight is 296 g/mol. The van der Waals surface area contributed by atoms with Crippen LogP contribution in [0.2, 0.25) is 0 Å². The second-order valence-electron chi connectivity index (χ2n) is 4.83. The molecule has 5 nitrogen and oxygen atoms in total. The number of amides is 1. The molecule has 110 valence electrons. The summed E-state index contributed by atoms with van der Waals surface area (Å²) in [5, 5.41) is 4.06. The highest BCUT2D eigenvalue weighted by molar-refractivity contribution is 6.05. The molecule has 1 aliphatic heterocycles. The highest BCUT2D eigenvalue weighted by Crippen LogP contribution is 2.30. The Bertz CT molecular complexity index is 677. The Morgan fingerprint density at radius 1 is 1.29 bits per heavy atom. The van der Waals surface area contributed by atoms with Crippen LogP contribution in [0.3, 0.4) is 0 Å². The first-order chi connectivity index (χ1) is 9.88. The van der Waals surface area contributed by atoms with E-state index in [1.54, 1.807) is 10.7 Å². The second kappa shape index (κ2) is 4.57. The van der Waals surface area contributed by atoms with E-state index in [2.05, 4.69) is 10.1 Å². The van der Waals surface area contributed by atoms with Crippen molar-refractivity contribution in [2.45, 2.75) is 19.1 Å². The minimum Gasteiger partial charge on any atom is -0.289 e. The summed E-state index contributed by atoms with van der Waals surface area (Å²) in [6.45, 7) is 2.19. The summed E-state index contributed by atoms with van der Waals surface area (Å²) in [4.78, 5) is 17.4. The Morgan fingerprint density at radius 3 is 2.67 bits per heavy atom. The fourth-order valence-corrected chi connectivity index (χ4v) is 2.31. The number of fused-ring (bicyclic) bond motifs is 1. The first kappa shape index (κ1) is 13.6. The lowest BCUT2D eigenvalue weighted by Crippen LogP contribution is -2.43. The number of carbonyl (C=O) groups is 1. The number of alkyl halides is 3. The van der Waals surface area contributed by atoms with E-state index in [1.165, 1.54) is 17.2 Å². The summed E-state index contributed by atoms with van der Waals surface area (Å²) in [5.41, 5.74) is -0.441. The SMILES string of the molecule is C[C@H]1CN(c2ccc(C(F)(F)F)cn2)C(=O)c2ccnn21.